The Kier molecular flexibility index (Phi) is 7.11. The summed E-state index contributed by atoms with van der Waals surface area (Å²) in [5.74, 6) is -10.9. The molecule has 32 heavy (non-hydrogen) atoms. The zero-order valence-electron chi connectivity index (χ0n) is 17.0. The summed E-state index contributed by atoms with van der Waals surface area (Å²) in [6.07, 6.45) is 1.03. The van der Waals surface area contributed by atoms with Gasteiger partial charge in [-0.05, 0) is 61.1 Å². The van der Waals surface area contributed by atoms with Crippen molar-refractivity contribution in [2.24, 2.45) is 0 Å². The van der Waals surface area contributed by atoms with Crippen molar-refractivity contribution in [3.8, 4) is 16.9 Å². The van der Waals surface area contributed by atoms with Crippen LogP contribution in [0.2, 0.25) is 0 Å². The summed E-state index contributed by atoms with van der Waals surface area (Å²) < 4.78 is 98.5. The van der Waals surface area contributed by atoms with Crippen LogP contribution in [-0.4, -0.2) is 0 Å². The first-order valence-electron chi connectivity index (χ1n) is 9.93. The Hall–Kier alpha value is -3.03. The molecule has 169 valence electrons. The van der Waals surface area contributed by atoms with Crippen molar-refractivity contribution in [1.29, 1.82) is 0 Å². The van der Waals surface area contributed by atoms with Crippen LogP contribution in [0.1, 0.15) is 36.5 Å². The lowest BCUT2D eigenvalue weighted by Gasteiger charge is -2.14. The fourth-order valence-corrected chi connectivity index (χ4v) is 3.51. The van der Waals surface area contributed by atoms with Crippen molar-refractivity contribution in [3.63, 3.8) is 0 Å². The summed E-state index contributed by atoms with van der Waals surface area (Å²) >= 11 is 0. The highest BCUT2D eigenvalue weighted by Crippen LogP contribution is 2.39. The van der Waals surface area contributed by atoms with Crippen molar-refractivity contribution in [1.82, 2.24) is 0 Å². The summed E-state index contributed by atoms with van der Waals surface area (Å²) in [7, 11) is 0. The van der Waals surface area contributed by atoms with E-state index in [-0.39, 0.29) is 12.0 Å². The van der Waals surface area contributed by atoms with Crippen molar-refractivity contribution >= 4 is 0 Å². The Labute approximate surface area is 180 Å². The van der Waals surface area contributed by atoms with Gasteiger partial charge in [-0.3, -0.25) is 5.11 Å². The minimum absolute atomic E-state index is 0.0920. The molecule has 1 nitrogen and oxygen atoms in total. The Balaban J connectivity index is 2.01. The minimum Gasteiger partial charge on any atom is -0.289 e. The maximum Gasteiger partial charge on any atom is 0.194 e. The third-order valence-electron chi connectivity index (χ3n) is 5.16. The van der Waals surface area contributed by atoms with Gasteiger partial charge in [0.2, 0.25) is 0 Å². The topological polar surface area (TPSA) is 19.9 Å². The standard InChI is InChI=1S/C24H18F7O/c1-2-3-4-12-7-16(26)21(17(27)8-12)22-20(32)11-15(25)14(23(22)30)6-5-13-9-18(28)24(31)19(29)10-13/h7-11H,2-6H2,1H3. The quantitative estimate of drug-likeness (QED) is 0.258. The van der Waals surface area contributed by atoms with Crippen LogP contribution in [0, 0.1) is 40.7 Å². The van der Waals surface area contributed by atoms with E-state index in [1.165, 1.54) is 0 Å². The average Bonchev–Trinajstić information content (AvgIpc) is 2.71. The van der Waals surface area contributed by atoms with Gasteiger partial charge in [0.15, 0.2) is 23.2 Å². The van der Waals surface area contributed by atoms with Gasteiger partial charge in [-0.1, -0.05) is 13.3 Å². The molecule has 0 amide bonds. The van der Waals surface area contributed by atoms with Gasteiger partial charge in [0.05, 0.1) is 11.1 Å². The van der Waals surface area contributed by atoms with E-state index in [9.17, 15) is 31.4 Å². The fraction of sp³-hybridized carbons (Fsp3) is 0.250. The second-order valence-corrected chi connectivity index (χ2v) is 7.44. The zero-order chi connectivity index (χ0) is 23.6. The molecule has 0 aliphatic rings. The number of hydrogen-bond donors (Lipinski definition) is 0. The molecule has 0 aromatic heterocycles. The van der Waals surface area contributed by atoms with E-state index >= 15 is 4.39 Å². The van der Waals surface area contributed by atoms with Crippen LogP contribution < -0.4 is 0 Å². The molecular weight excluding hydrogens is 437 g/mol. The first kappa shape index (κ1) is 23.6. The van der Waals surface area contributed by atoms with Gasteiger partial charge in [0.1, 0.15) is 23.3 Å². The van der Waals surface area contributed by atoms with Crippen molar-refractivity contribution in [2.45, 2.75) is 39.0 Å². The second kappa shape index (κ2) is 9.63. The lowest BCUT2D eigenvalue weighted by molar-refractivity contribution is 0.349. The molecule has 0 saturated carbocycles. The second-order valence-electron chi connectivity index (χ2n) is 7.44. The molecule has 3 aromatic rings. The Bertz CT molecular complexity index is 1110. The van der Waals surface area contributed by atoms with Gasteiger partial charge < -0.3 is 0 Å². The van der Waals surface area contributed by atoms with E-state index in [1.54, 1.807) is 0 Å². The maximum absolute atomic E-state index is 15.1. The monoisotopic (exact) mass is 455 g/mol. The number of hydrogen-bond acceptors (Lipinski definition) is 0. The Morgan fingerprint density at radius 1 is 0.594 bits per heavy atom. The number of unbranched alkanes of at least 4 members (excludes halogenated alkanes) is 1. The first-order chi connectivity index (χ1) is 15.1. The maximum atomic E-state index is 15.1. The van der Waals surface area contributed by atoms with Crippen molar-refractivity contribution in [3.05, 3.63) is 87.7 Å². The molecule has 8 heteroatoms. The summed E-state index contributed by atoms with van der Waals surface area (Å²) in [5, 5.41) is 12.2. The Morgan fingerprint density at radius 2 is 1.12 bits per heavy atom. The van der Waals surface area contributed by atoms with E-state index in [4.69, 9.17) is 0 Å². The highest BCUT2D eigenvalue weighted by atomic mass is 19.2. The molecule has 0 aliphatic carbocycles. The van der Waals surface area contributed by atoms with Crippen LogP contribution in [0.15, 0.2) is 30.3 Å². The number of benzene rings is 3. The first-order valence-corrected chi connectivity index (χ1v) is 9.93. The van der Waals surface area contributed by atoms with E-state index < -0.39 is 69.6 Å². The van der Waals surface area contributed by atoms with E-state index in [1.807, 2.05) is 6.92 Å². The molecule has 0 fully saturated rings. The largest absolute Gasteiger partial charge is 0.289 e. The van der Waals surface area contributed by atoms with Crippen LogP contribution in [-0.2, 0) is 24.4 Å². The highest BCUT2D eigenvalue weighted by Gasteiger charge is 2.26. The number of rotatable bonds is 7. The van der Waals surface area contributed by atoms with Crippen LogP contribution in [0.3, 0.4) is 0 Å². The van der Waals surface area contributed by atoms with Crippen molar-refractivity contribution < 1.29 is 35.8 Å². The smallest absolute Gasteiger partial charge is 0.194 e. The van der Waals surface area contributed by atoms with E-state index in [0.717, 1.165) is 18.6 Å². The molecule has 0 N–H and O–H groups in total. The van der Waals surface area contributed by atoms with E-state index in [0.29, 0.717) is 36.6 Å². The molecule has 0 spiro atoms. The third kappa shape index (κ3) is 4.74. The molecule has 3 rings (SSSR count). The van der Waals surface area contributed by atoms with Gasteiger partial charge in [-0.25, -0.2) is 30.7 Å². The third-order valence-corrected chi connectivity index (χ3v) is 5.16. The molecule has 0 unspecified atom stereocenters. The normalized spacial score (nSPS) is 11.2. The minimum atomic E-state index is -1.68. The number of halogens is 7. The van der Waals surface area contributed by atoms with Crippen LogP contribution >= 0.6 is 0 Å². The van der Waals surface area contributed by atoms with Crippen LogP contribution in [0.5, 0.6) is 5.75 Å². The molecule has 0 bridgehead atoms. The zero-order valence-corrected chi connectivity index (χ0v) is 17.0. The molecule has 0 aliphatic heterocycles. The van der Waals surface area contributed by atoms with Crippen LogP contribution in [0.4, 0.5) is 30.7 Å². The van der Waals surface area contributed by atoms with Crippen molar-refractivity contribution in [2.75, 3.05) is 0 Å². The average molecular weight is 455 g/mol. The molecule has 3 aromatic carbocycles. The highest BCUT2D eigenvalue weighted by molar-refractivity contribution is 5.73. The predicted molar refractivity (Wildman–Crippen MR) is 104 cm³/mol. The van der Waals surface area contributed by atoms with E-state index in [2.05, 4.69) is 0 Å². The lowest BCUT2D eigenvalue weighted by Crippen LogP contribution is -2.04. The Morgan fingerprint density at radius 3 is 1.69 bits per heavy atom. The van der Waals surface area contributed by atoms with Gasteiger partial charge in [-0.2, -0.15) is 0 Å². The van der Waals surface area contributed by atoms with Crippen LogP contribution in [0.25, 0.3) is 11.1 Å². The summed E-state index contributed by atoms with van der Waals surface area (Å²) in [6, 6.07) is 3.75. The fourth-order valence-electron chi connectivity index (χ4n) is 3.51. The molecule has 1 radical (unpaired) electrons. The number of aryl methyl sites for hydroxylation is 2. The predicted octanol–water partition coefficient (Wildman–Crippen LogP) is 7.60. The van der Waals surface area contributed by atoms with Gasteiger partial charge in [0.25, 0.3) is 0 Å². The summed E-state index contributed by atoms with van der Waals surface area (Å²) in [4.78, 5) is 0. The van der Waals surface area contributed by atoms with Gasteiger partial charge >= 0.3 is 0 Å². The van der Waals surface area contributed by atoms with Gasteiger partial charge in [-0.15, -0.1) is 0 Å². The van der Waals surface area contributed by atoms with Gasteiger partial charge in [0, 0.05) is 11.6 Å². The molecule has 0 heterocycles. The molecular formula is C24H18F7O. The SMILES string of the molecule is CCCCc1cc(F)c(-c2c([O])cc(F)c(CCc3cc(F)c(F)c(F)c3)c2F)c(F)c1. The molecule has 0 saturated heterocycles. The molecule has 0 atom stereocenters. The lowest BCUT2D eigenvalue weighted by atomic mass is 9.94. The summed E-state index contributed by atoms with van der Waals surface area (Å²) in [5.41, 5.74) is -2.31. The summed E-state index contributed by atoms with van der Waals surface area (Å²) in [6.45, 7) is 1.90.